The first-order valence-corrected chi connectivity index (χ1v) is 4.98. The Morgan fingerprint density at radius 1 is 1.57 bits per heavy atom. The van der Waals surface area contributed by atoms with Gasteiger partial charge in [-0.25, -0.2) is 0 Å². The van der Waals surface area contributed by atoms with Crippen LogP contribution >= 0.6 is 23.8 Å². The van der Waals surface area contributed by atoms with E-state index in [0.29, 0.717) is 17.4 Å². The molecule has 0 radical (unpaired) electrons. The summed E-state index contributed by atoms with van der Waals surface area (Å²) in [6.07, 6.45) is 0. The minimum absolute atomic E-state index is 0.543. The first kappa shape index (κ1) is 11.2. The number of isothiocyanates is 1. The number of halogens is 1. The summed E-state index contributed by atoms with van der Waals surface area (Å²) in [6, 6.07) is 3.57. The Morgan fingerprint density at radius 3 is 2.86 bits per heavy atom. The SMILES string of the molecule is CCOc1cc(C)c(N=C=S)cc1Cl. The van der Waals surface area contributed by atoms with Crippen LogP contribution in [0.4, 0.5) is 5.69 Å². The molecule has 0 heterocycles. The van der Waals surface area contributed by atoms with Gasteiger partial charge < -0.3 is 4.74 Å². The number of aliphatic imine (C=N–C) groups is 1. The zero-order chi connectivity index (χ0) is 10.6. The number of aryl methyl sites for hydroxylation is 1. The molecule has 1 aromatic carbocycles. The summed E-state index contributed by atoms with van der Waals surface area (Å²) >= 11 is 10.5. The Morgan fingerprint density at radius 2 is 2.29 bits per heavy atom. The van der Waals surface area contributed by atoms with Gasteiger partial charge >= 0.3 is 0 Å². The number of thiocarbonyl (C=S) groups is 1. The predicted molar refractivity (Wildman–Crippen MR) is 62.0 cm³/mol. The summed E-state index contributed by atoms with van der Waals surface area (Å²) in [5.41, 5.74) is 1.70. The highest BCUT2D eigenvalue weighted by Gasteiger charge is 2.05. The van der Waals surface area contributed by atoms with E-state index in [0.717, 1.165) is 11.3 Å². The summed E-state index contributed by atoms with van der Waals surface area (Å²) in [7, 11) is 0. The van der Waals surface area contributed by atoms with Crippen molar-refractivity contribution in [3.8, 4) is 5.75 Å². The number of hydrogen-bond acceptors (Lipinski definition) is 3. The van der Waals surface area contributed by atoms with Crippen LogP contribution in [0, 0.1) is 6.92 Å². The lowest BCUT2D eigenvalue weighted by atomic mass is 10.2. The van der Waals surface area contributed by atoms with Gasteiger partial charge in [0, 0.05) is 0 Å². The first-order chi connectivity index (χ1) is 6.69. The highest BCUT2D eigenvalue weighted by atomic mass is 35.5. The molecule has 1 rings (SSSR count). The van der Waals surface area contributed by atoms with Crippen LogP contribution in [0.25, 0.3) is 0 Å². The van der Waals surface area contributed by atoms with Crippen LogP contribution in [-0.4, -0.2) is 11.8 Å². The van der Waals surface area contributed by atoms with E-state index in [1.54, 1.807) is 6.07 Å². The van der Waals surface area contributed by atoms with Crippen molar-refractivity contribution < 1.29 is 4.74 Å². The van der Waals surface area contributed by atoms with Crippen LogP contribution < -0.4 is 4.74 Å². The highest BCUT2D eigenvalue weighted by molar-refractivity contribution is 7.78. The Bertz CT molecular complexity index is 386. The van der Waals surface area contributed by atoms with Gasteiger partial charge in [-0.1, -0.05) is 11.6 Å². The van der Waals surface area contributed by atoms with Crippen LogP contribution in [0.2, 0.25) is 5.02 Å². The van der Waals surface area contributed by atoms with Crippen molar-refractivity contribution in [1.82, 2.24) is 0 Å². The topological polar surface area (TPSA) is 21.6 Å². The van der Waals surface area contributed by atoms with Crippen molar-refractivity contribution in [3.63, 3.8) is 0 Å². The van der Waals surface area contributed by atoms with E-state index in [9.17, 15) is 0 Å². The average Bonchev–Trinajstić information content (AvgIpc) is 2.14. The molecule has 74 valence electrons. The average molecular weight is 228 g/mol. The van der Waals surface area contributed by atoms with E-state index >= 15 is 0 Å². The lowest BCUT2D eigenvalue weighted by molar-refractivity contribution is 0.340. The maximum atomic E-state index is 5.97. The van der Waals surface area contributed by atoms with Crippen molar-refractivity contribution in [1.29, 1.82) is 0 Å². The van der Waals surface area contributed by atoms with Gasteiger partial charge in [-0.2, -0.15) is 4.99 Å². The van der Waals surface area contributed by atoms with Crippen molar-refractivity contribution in [2.24, 2.45) is 4.99 Å². The minimum atomic E-state index is 0.543. The lowest BCUT2D eigenvalue weighted by Crippen LogP contribution is -1.92. The number of benzene rings is 1. The van der Waals surface area contributed by atoms with Crippen molar-refractivity contribution >= 4 is 34.7 Å². The molecule has 0 amide bonds. The molecule has 0 spiro atoms. The van der Waals surface area contributed by atoms with Gasteiger partial charge in [0.15, 0.2) is 0 Å². The van der Waals surface area contributed by atoms with Gasteiger partial charge in [-0.05, 0) is 43.8 Å². The normalized spacial score (nSPS) is 9.36. The fourth-order valence-electron chi connectivity index (χ4n) is 1.08. The Hall–Kier alpha value is -0.890. The first-order valence-electron chi connectivity index (χ1n) is 4.19. The third-order valence-corrected chi connectivity index (χ3v) is 2.10. The largest absolute Gasteiger partial charge is 0.492 e. The summed E-state index contributed by atoms with van der Waals surface area (Å²) < 4.78 is 5.33. The van der Waals surface area contributed by atoms with Crippen molar-refractivity contribution in [3.05, 3.63) is 22.7 Å². The van der Waals surface area contributed by atoms with Crippen LogP contribution in [0.5, 0.6) is 5.75 Å². The van der Waals surface area contributed by atoms with E-state index in [2.05, 4.69) is 22.4 Å². The third kappa shape index (κ3) is 2.55. The molecular weight excluding hydrogens is 218 g/mol. The molecule has 2 nitrogen and oxygen atoms in total. The van der Waals surface area contributed by atoms with Gasteiger partial charge in [-0.15, -0.1) is 0 Å². The second-order valence-electron chi connectivity index (χ2n) is 2.71. The number of nitrogens with zero attached hydrogens (tertiary/aromatic N) is 1. The van der Waals surface area contributed by atoms with Gasteiger partial charge in [0.2, 0.25) is 0 Å². The molecule has 0 saturated heterocycles. The maximum absolute atomic E-state index is 5.97. The zero-order valence-electron chi connectivity index (χ0n) is 8.00. The van der Waals surface area contributed by atoms with E-state index in [1.165, 1.54) is 0 Å². The van der Waals surface area contributed by atoms with Gasteiger partial charge in [0.1, 0.15) is 5.75 Å². The van der Waals surface area contributed by atoms with Crippen LogP contribution in [0.3, 0.4) is 0 Å². The van der Waals surface area contributed by atoms with E-state index in [-0.39, 0.29) is 0 Å². The van der Waals surface area contributed by atoms with Gasteiger partial charge in [-0.3, -0.25) is 0 Å². The molecular formula is C10H10ClNOS. The third-order valence-electron chi connectivity index (χ3n) is 1.72. The molecule has 0 fully saturated rings. The predicted octanol–water partition coefficient (Wildman–Crippen LogP) is 3.78. The number of hydrogen-bond donors (Lipinski definition) is 0. The molecule has 0 aromatic heterocycles. The fourth-order valence-corrected chi connectivity index (χ4v) is 1.39. The molecule has 0 aliphatic rings. The quantitative estimate of drug-likeness (QED) is 0.579. The van der Waals surface area contributed by atoms with E-state index < -0.39 is 0 Å². The monoisotopic (exact) mass is 227 g/mol. The Balaban J connectivity index is 3.16. The summed E-state index contributed by atoms with van der Waals surface area (Å²) in [4.78, 5) is 3.89. The molecule has 0 aliphatic carbocycles. The molecule has 14 heavy (non-hydrogen) atoms. The van der Waals surface area contributed by atoms with Crippen LogP contribution in [-0.2, 0) is 0 Å². The smallest absolute Gasteiger partial charge is 0.138 e. The molecule has 0 unspecified atom stereocenters. The molecule has 0 aliphatic heterocycles. The lowest BCUT2D eigenvalue weighted by Gasteiger charge is -2.07. The Kier molecular flexibility index (Phi) is 4.08. The minimum Gasteiger partial charge on any atom is -0.492 e. The standard InChI is InChI=1S/C10H10ClNOS/c1-3-13-10-4-7(2)9(12-6-14)5-8(10)11/h4-5H,3H2,1-2H3. The summed E-state index contributed by atoms with van der Waals surface area (Å²) in [5.74, 6) is 0.676. The van der Waals surface area contributed by atoms with Crippen molar-refractivity contribution in [2.75, 3.05) is 6.61 Å². The van der Waals surface area contributed by atoms with Crippen LogP contribution in [0.1, 0.15) is 12.5 Å². The summed E-state index contributed by atoms with van der Waals surface area (Å²) in [5, 5.41) is 2.86. The second-order valence-corrected chi connectivity index (χ2v) is 3.29. The van der Waals surface area contributed by atoms with Gasteiger partial charge in [0.25, 0.3) is 0 Å². The van der Waals surface area contributed by atoms with Crippen LogP contribution in [0.15, 0.2) is 17.1 Å². The van der Waals surface area contributed by atoms with Gasteiger partial charge in [0.05, 0.1) is 22.5 Å². The molecule has 0 atom stereocenters. The molecule has 0 N–H and O–H groups in total. The molecule has 0 saturated carbocycles. The molecule has 4 heteroatoms. The number of rotatable bonds is 3. The Labute approximate surface area is 93.6 Å². The molecule has 1 aromatic rings. The maximum Gasteiger partial charge on any atom is 0.138 e. The number of ether oxygens (including phenoxy) is 1. The van der Waals surface area contributed by atoms with E-state index in [1.807, 2.05) is 19.9 Å². The molecule has 0 bridgehead atoms. The fraction of sp³-hybridized carbons (Fsp3) is 0.300. The summed E-state index contributed by atoms with van der Waals surface area (Å²) in [6.45, 7) is 4.42. The van der Waals surface area contributed by atoms with Crippen molar-refractivity contribution in [2.45, 2.75) is 13.8 Å². The zero-order valence-corrected chi connectivity index (χ0v) is 9.58. The van der Waals surface area contributed by atoms with E-state index in [4.69, 9.17) is 16.3 Å². The highest BCUT2D eigenvalue weighted by Crippen LogP contribution is 2.32. The second kappa shape index (κ2) is 5.11.